The van der Waals surface area contributed by atoms with Crippen molar-refractivity contribution in [2.75, 3.05) is 0 Å². The molecular weight excluding hydrogens is 182 g/mol. The van der Waals surface area contributed by atoms with Crippen LogP contribution in [0.1, 0.15) is 22.8 Å². The molecule has 2 rings (SSSR count). The molecule has 1 N–H and O–H groups in total. The van der Waals surface area contributed by atoms with Gasteiger partial charge in [0.2, 0.25) is 0 Å². The molecule has 0 unspecified atom stereocenters. The zero-order valence-corrected chi connectivity index (χ0v) is 7.66. The van der Waals surface area contributed by atoms with Crippen LogP contribution in [-0.2, 0) is 6.54 Å². The summed E-state index contributed by atoms with van der Waals surface area (Å²) >= 11 is 0. The third-order valence-corrected chi connectivity index (χ3v) is 2.10. The van der Waals surface area contributed by atoms with Crippen LogP contribution in [0.3, 0.4) is 0 Å². The number of Topliss-reactive ketones (excluding diaryl/α,β-unsaturated/α-hetero) is 1. The van der Waals surface area contributed by atoms with Crippen LogP contribution in [0.5, 0.6) is 5.75 Å². The molecule has 1 amide bonds. The third-order valence-electron chi connectivity index (χ3n) is 2.10. The van der Waals surface area contributed by atoms with E-state index >= 15 is 0 Å². The van der Waals surface area contributed by atoms with Crippen LogP contribution < -0.4 is 10.1 Å². The van der Waals surface area contributed by atoms with Crippen molar-refractivity contribution in [3.8, 4) is 5.75 Å². The van der Waals surface area contributed by atoms with Crippen molar-refractivity contribution in [3.05, 3.63) is 29.3 Å². The maximum Gasteiger partial charge on any atom is 0.412 e. The molecule has 0 spiro atoms. The topological polar surface area (TPSA) is 55.4 Å². The maximum atomic E-state index is 11.1. The van der Waals surface area contributed by atoms with Gasteiger partial charge in [0.05, 0.1) is 0 Å². The number of fused-ring (bicyclic) bond motifs is 1. The Kier molecular flexibility index (Phi) is 1.96. The minimum absolute atomic E-state index is 0.0395. The number of rotatable bonds is 1. The normalized spacial score (nSPS) is 13.9. The van der Waals surface area contributed by atoms with Crippen molar-refractivity contribution in [1.82, 2.24) is 5.32 Å². The maximum absolute atomic E-state index is 11.1. The Labute approximate surface area is 80.9 Å². The first-order chi connectivity index (χ1) is 6.66. The standard InChI is InChI=1S/C10H9NO3/c1-6(12)7-2-3-8-5-11-10(13)14-9(8)4-7/h2-4H,5H2,1H3,(H,11,13). The Bertz CT molecular complexity index is 412. The van der Waals surface area contributed by atoms with Gasteiger partial charge in [-0.3, -0.25) is 4.79 Å². The van der Waals surface area contributed by atoms with E-state index in [-0.39, 0.29) is 5.78 Å². The van der Waals surface area contributed by atoms with Crippen LogP contribution >= 0.6 is 0 Å². The van der Waals surface area contributed by atoms with Crippen LogP contribution in [0.25, 0.3) is 0 Å². The number of hydrogen-bond acceptors (Lipinski definition) is 3. The van der Waals surface area contributed by atoms with E-state index in [4.69, 9.17) is 4.74 Å². The van der Waals surface area contributed by atoms with E-state index in [9.17, 15) is 9.59 Å². The van der Waals surface area contributed by atoms with Crippen molar-refractivity contribution in [2.24, 2.45) is 0 Å². The summed E-state index contributed by atoms with van der Waals surface area (Å²) in [6, 6.07) is 5.10. The minimum Gasteiger partial charge on any atom is -0.410 e. The first-order valence-corrected chi connectivity index (χ1v) is 4.26. The molecule has 1 heterocycles. The van der Waals surface area contributed by atoms with E-state index in [1.165, 1.54) is 6.92 Å². The molecule has 0 saturated heterocycles. The van der Waals surface area contributed by atoms with Crippen LogP contribution in [0, 0.1) is 0 Å². The summed E-state index contributed by atoms with van der Waals surface area (Å²) in [6.07, 6.45) is -0.474. The Morgan fingerprint density at radius 2 is 2.29 bits per heavy atom. The molecule has 0 aromatic heterocycles. The summed E-state index contributed by atoms with van der Waals surface area (Å²) in [5.74, 6) is 0.434. The molecule has 0 atom stereocenters. The molecule has 14 heavy (non-hydrogen) atoms. The first-order valence-electron chi connectivity index (χ1n) is 4.26. The van der Waals surface area contributed by atoms with Crippen molar-refractivity contribution in [3.63, 3.8) is 0 Å². The van der Waals surface area contributed by atoms with E-state index < -0.39 is 6.09 Å². The zero-order chi connectivity index (χ0) is 10.1. The fourth-order valence-electron chi connectivity index (χ4n) is 1.32. The number of nitrogens with one attached hydrogen (secondary N) is 1. The largest absolute Gasteiger partial charge is 0.412 e. The van der Waals surface area contributed by atoms with Crippen molar-refractivity contribution < 1.29 is 14.3 Å². The first kappa shape index (κ1) is 8.74. The minimum atomic E-state index is -0.474. The summed E-state index contributed by atoms with van der Waals surface area (Å²) in [6.45, 7) is 1.93. The predicted octanol–water partition coefficient (Wildman–Crippen LogP) is 1.49. The lowest BCUT2D eigenvalue weighted by Crippen LogP contribution is -2.31. The Morgan fingerprint density at radius 3 is 3.00 bits per heavy atom. The lowest BCUT2D eigenvalue weighted by molar-refractivity contribution is 0.101. The molecular formula is C10H9NO3. The molecule has 0 bridgehead atoms. The number of benzene rings is 1. The molecule has 0 fully saturated rings. The van der Waals surface area contributed by atoms with Crippen LogP contribution in [0.15, 0.2) is 18.2 Å². The van der Waals surface area contributed by atoms with Gasteiger partial charge in [-0.15, -0.1) is 0 Å². The average Bonchev–Trinajstić information content (AvgIpc) is 2.16. The number of hydrogen-bond donors (Lipinski definition) is 1. The zero-order valence-electron chi connectivity index (χ0n) is 7.66. The second-order valence-corrected chi connectivity index (χ2v) is 3.12. The molecule has 4 nitrogen and oxygen atoms in total. The summed E-state index contributed by atoms with van der Waals surface area (Å²) < 4.78 is 4.92. The van der Waals surface area contributed by atoms with E-state index in [1.54, 1.807) is 18.2 Å². The summed E-state index contributed by atoms with van der Waals surface area (Å²) in [5, 5.41) is 2.54. The van der Waals surface area contributed by atoms with E-state index in [2.05, 4.69) is 5.32 Å². The predicted molar refractivity (Wildman–Crippen MR) is 49.3 cm³/mol. The van der Waals surface area contributed by atoms with Gasteiger partial charge in [0, 0.05) is 17.7 Å². The fraction of sp³-hybridized carbons (Fsp3) is 0.200. The third kappa shape index (κ3) is 1.46. The van der Waals surface area contributed by atoms with Gasteiger partial charge in [0.15, 0.2) is 5.78 Å². The van der Waals surface area contributed by atoms with Gasteiger partial charge in [-0.1, -0.05) is 12.1 Å². The monoisotopic (exact) mass is 191 g/mol. The number of ether oxygens (including phenoxy) is 1. The molecule has 0 aliphatic carbocycles. The number of carbonyl (C=O) groups is 2. The highest BCUT2D eigenvalue weighted by atomic mass is 16.6. The van der Waals surface area contributed by atoms with Crippen LogP contribution in [0.4, 0.5) is 4.79 Å². The van der Waals surface area contributed by atoms with Crippen molar-refractivity contribution in [2.45, 2.75) is 13.5 Å². The lowest BCUT2D eigenvalue weighted by atomic mass is 10.1. The van der Waals surface area contributed by atoms with Gasteiger partial charge in [-0.2, -0.15) is 0 Å². The Morgan fingerprint density at radius 1 is 1.50 bits per heavy atom. The molecule has 1 aromatic rings. The number of ketones is 1. The summed E-state index contributed by atoms with van der Waals surface area (Å²) in [5.41, 5.74) is 1.44. The van der Waals surface area contributed by atoms with E-state index in [0.717, 1.165) is 5.56 Å². The smallest absolute Gasteiger partial charge is 0.410 e. The van der Waals surface area contributed by atoms with Crippen LogP contribution in [0.2, 0.25) is 0 Å². The van der Waals surface area contributed by atoms with E-state index in [0.29, 0.717) is 17.9 Å². The summed E-state index contributed by atoms with van der Waals surface area (Å²) in [4.78, 5) is 21.9. The Balaban J connectivity index is 2.42. The summed E-state index contributed by atoms with van der Waals surface area (Å²) in [7, 11) is 0. The van der Waals surface area contributed by atoms with Gasteiger partial charge in [-0.25, -0.2) is 4.79 Å². The number of amides is 1. The fourth-order valence-corrected chi connectivity index (χ4v) is 1.32. The quantitative estimate of drug-likeness (QED) is 0.684. The molecule has 1 aliphatic heterocycles. The van der Waals surface area contributed by atoms with Gasteiger partial charge in [-0.05, 0) is 13.0 Å². The van der Waals surface area contributed by atoms with Crippen LogP contribution in [-0.4, -0.2) is 11.9 Å². The average molecular weight is 191 g/mol. The van der Waals surface area contributed by atoms with Crippen molar-refractivity contribution >= 4 is 11.9 Å². The van der Waals surface area contributed by atoms with E-state index in [1.807, 2.05) is 0 Å². The van der Waals surface area contributed by atoms with Gasteiger partial charge >= 0.3 is 6.09 Å². The molecule has 72 valence electrons. The second-order valence-electron chi connectivity index (χ2n) is 3.12. The SMILES string of the molecule is CC(=O)c1ccc2c(c1)OC(=O)NC2. The second kappa shape index (κ2) is 3.14. The molecule has 1 aliphatic rings. The highest BCUT2D eigenvalue weighted by Gasteiger charge is 2.16. The molecule has 0 radical (unpaired) electrons. The Hall–Kier alpha value is -1.84. The molecule has 4 heteroatoms. The highest BCUT2D eigenvalue weighted by molar-refractivity contribution is 5.94. The highest BCUT2D eigenvalue weighted by Crippen LogP contribution is 2.23. The van der Waals surface area contributed by atoms with Gasteiger partial charge in [0.1, 0.15) is 5.75 Å². The molecule has 0 saturated carbocycles. The van der Waals surface area contributed by atoms with Crippen molar-refractivity contribution in [1.29, 1.82) is 0 Å². The molecule has 1 aromatic carbocycles. The lowest BCUT2D eigenvalue weighted by Gasteiger charge is -2.16. The van der Waals surface area contributed by atoms with Gasteiger partial charge in [0.25, 0.3) is 0 Å². The number of carbonyl (C=O) groups excluding carboxylic acids is 2. The van der Waals surface area contributed by atoms with Gasteiger partial charge < -0.3 is 10.1 Å².